The van der Waals surface area contributed by atoms with Gasteiger partial charge in [-0.05, 0) is 62.1 Å². The van der Waals surface area contributed by atoms with Crippen molar-refractivity contribution in [1.29, 1.82) is 0 Å². The highest BCUT2D eigenvalue weighted by Gasteiger charge is 2.34. The summed E-state index contributed by atoms with van der Waals surface area (Å²) in [6, 6.07) is 11.9. The van der Waals surface area contributed by atoms with E-state index in [1.807, 2.05) is 0 Å². The Labute approximate surface area is 177 Å². The average Bonchev–Trinajstić information content (AvgIpc) is 3.20. The number of rotatable bonds is 5. The minimum atomic E-state index is -4.50. The maximum absolute atomic E-state index is 13.0. The summed E-state index contributed by atoms with van der Waals surface area (Å²) in [6.07, 6.45) is -0.188. The number of carbonyl (C=O) groups is 1. The SMILES string of the molecule is COc1ccc(C(=O)N[C@@H]2CCC[C@H](Nc3cccc4nc(C(F)(F)F)cn34)C2)cc1. The molecule has 1 saturated carbocycles. The van der Waals surface area contributed by atoms with Crippen molar-refractivity contribution in [2.75, 3.05) is 12.4 Å². The smallest absolute Gasteiger partial charge is 0.434 e. The van der Waals surface area contributed by atoms with Crippen molar-refractivity contribution in [3.63, 3.8) is 0 Å². The van der Waals surface area contributed by atoms with Crippen LogP contribution >= 0.6 is 0 Å². The highest BCUT2D eigenvalue weighted by atomic mass is 19.4. The summed E-state index contributed by atoms with van der Waals surface area (Å²) in [5.74, 6) is 1.08. The van der Waals surface area contributed by atoms with E-state index in [1.165, 1.54) is 4.40 Å². The van der Waals surface area contributed by atoms with Crippen molar-refractivity contribution in [3.8, 4) is 5.75 Å². The fourth-order valence-electron chi connectivity index (χ4n) is 3.94. The topological polar surface area (TPSA) is 67.7 Å². The number of amides is 1. The van der Waals surface area contributed by atoms with Gasteiger partial charge in [0.25, 0.3) is 5.91 Å². The molecule has 164 valence electrons. The molecule has 2 heterocycles. The van der Waals surface area contributed by atoms with E-state index in [4.69, 9.17) is 4.74 Å². The Morgan fingerprint density at radius 3 is 2.58 bits per heavy atom. The molecule has 0 bridgehead atoms. The average molecular weight is 432 g/mol. The van der Waals surface area contributed by atoms with Gasteiger partial charge in [0.2, 0.25) is 0 Å². The first kappa shape index (κ1) is 21.0. The van der Waals surface area contributed by atoms with E-state index in [0.717, 1.165) is 25.5 Å². The molecule has 9 heteroatoms. The minimum Gasteiger partial charge on any atom is -0.497 e. The van der Waals surface area contributed by atoms with Crippen LogP contribution in [0.3, 0.4) is 0 Å². The lowest BCUT2D eigenvalue weighted by molar-refractivity contribution is -0.140. The number of hydrogen-bond acceptors (Lipinski definition) is 4. The van der Waals surface area contributed by atoms with E-state index < -0.39 is 11.9 Å². The van der Waals surface area contributed by atoms with Gasteiger partial charge in [-0.15, -0.1) is 0 Å². The van der Waals surface area contributed by atoms with Gasteiger partial charge in [0.05, 0.1) is 7.11 Å². The summed E-state index contributed by atoms with van der Waals surface area (Å²) >= 11 is 0. The lowest BCUT2D eigenvalue weighted by atomic mass is 9.90. The van der Waals surface area contributed by atoms with Crippen molar-refractivity contribution >= 4 is 17.4 Å². The van der Waals surface area contributed by atoms with E-state index >= 15 is 0 Å². The van der Waals surface area contributed by atoms with Gasteiger partial charge < -0.3 is 15.4 Å². The van der Waals surface area contributed by atoms with Crippen LogP contribution in [0.4, 0.5) is 19.0 Å². The molecule has 2 aromatic heterocycles. The monoisotopic (exact) mass is 432 g/mol. The number of ether oxygens (including phenoxy) is 1. The second-order valence-corrected chi connectivity index (χ2v) is 7.67. The number of methoxy groups -OCH3 is 1. The van der Waals surface area contributed by atoms with Gasteiger partial charge in [-0.1, -0.05) is 6.07 Å². The summed E-state index contributed by atoms with van der Waals surface area (Å²) in [7, 11) is 1.57. The fourth-order valence-corrected chi connectivity index (χ4v) is 3.94. The molecule has 4 rings (SSSR count). The number of nitrogens with zero attached hydrogens (tertiary/aromatic N) is 2. The lowest BCUT2D eigenvalue weighted by Crippen LogP contribution is -2.42. The van der Waals surface area contributed by atoms with E-state index in [9.17, 15) is 18.0 Å². The number of imidazole rings is 1. The first-order valence-electron chi connectivity index (χ1n) is 10.1. The van der Waals surface area contributed by atoms with Crippen LogP contribution in [-0.4, -0.2) is 34.5 Å². The van der Waals surface area contributed by atoms with Crippen LogP contribution in [0.15, 0.2) is 48.7 Å². The molecule has 1 aliphatic rings. The second kappa shape index (κ2) is 8.49. The molecule has 6 nitrogen and oxygen atoms in total. The molecule has 0 spiro atoms. The molecule has 31 heavy (non-hydrogen) atoms. The lowest BCUT2D eigenvalue weighted by Gasteiger charge is -2.31. The van der Waals surface area contributed by atoms with E-state index in [0.29, 0.717) is 23.6 Å². The van der Waals surface area contributed by atoms with Crippen molar-refractivity contribution in [3.05, 3.63) is 59.9 Å². The number of pyridine rings is 1. The van der Waals surface area contributed by atoms with Gasteiger partial charge in [-0.2, -0.15) is 13.2 Å². The molecule has 2 N–H and O–H groups in total. The Morgan fingerprint density at radius 2 is 1.87 bits per heavy atom. The van der Waals surface area contributed by atoms with E-state index in [1.54, 1.807) is 49.6 Å². The highest BCUT2D eigenvalue weighted by Crippen LogP contribution is 2.30. The number of carbonyl (C=O) groups excluding carboxylic acids is 1. The molecule has 0 aliphatic heterocycles. The van der Waals surface area contributed by atoms with Crippen LogP contribution in [0.5, 0.6) is 5.75 Å². The zero-order valence-electron chi connectivity index (χ0n) is 16.9. The summed E-state index contributed by atoms with van der Waals surface area (Å²) in [4.78, 5) is 16.2. The normalized spacial score (nSPS) is 19.2. The third kappa shape index (κ3) is 4.76. The van der Waals surface area contributed by atoms with E-state index in [-0.39, 0.29) is 23.6 Å². The van der Waals surface area contributed by atoms with Crippen molar-refractivity contribution in [1.82, 2.24) is 14.7 Å². The molecule has 1 fully saturated rings. The molecule has 3 aromatic rings. The van der Waals surface area contributed by atoms with Gasteiger partial charge in [-0.3, -0.25) is 9.20 Å². The summed E-state index contributed by atoms with van der Waals surface area (Å²) in [5, 5.41) is 6.40. The van der Waals surface area contributed by atoms with Crippen molar-refractivity contribution in [2.24, 2.45) is 0 Å². The van der Waals surface area contributed by atoms with Crippen LogP contribution in [0.1, 0.15) is 41.7 Å². The number of benzene rings is 1. The number of aromatic nitrogens is 2. The molecule has 0 saturated heterocycles. The van der Waals surface area contributed by atoms with Gasteiger partial charge >= 0.3 is 6.18 Å². The van der Waals surface area contributed by atoms with E-state index in [2.05, 4.69) is 15.6 Å². The van der Waals surface area contributed by atoms with Crippen molar-refractivity contribution < 1.29 is 22.7 Å². The first-order chi connectivity index (χ1) is 14.8. The summed E-state index contributed by atoms with van der Waals surface area (Å²) in [6.45, 7) is 0. The minimum absolute atomic E-state index is 0.0198. The third-order valence-corrected chi connectivity index (χ3v) is 5.50. The Balaban J connectivity index is 1.43. The number of halogens is 3. The molecule has 0 radical (unpaired) electrons. The number of nitrogens with one attached hydrogen (secondary N) is 2. The highest BCUT2D eigenvalue weighted by molar-refractivity contribution is 5.94. The molecule has 2 atom stereocenters. The van der Waals surface area contributed by atoms with Crippen LogP contribution in [-0.2, 0) is 6.18 Å². The predicted octanol–water partition coefficient (Wildman–Crippen LogP) is 4.51. The molecule has 1 aliphatic carbocycles. The molecular formula is C22H23F3N4O2. The van der Waals surface area contributed by atoms with Crippen molar-refractivity contribution in [2.45, 2.75) is 43.9 Å². The largest absolute Gasteiger partial charge is 0.497 e. The van der Waals surface area contributed by atoms with Crippen LogP contribution in [0.25, 0.3) is 5.65 Å². The Kier molecular flexibility index (Phi) is 5.75. The Bertz CT molecular complexity index is 1060. The summed E-state index contributed by atoms with van der Waals surface area (Å²) in [5.41, 5.74) is -0.133. The van der Waals surface area contributed by atoms with Gasteiger partial charge in [0, 0.05) is 23.8 Å². The fraction of sp³-hybridized carbons (Fsp3) is 0.364. The van der Waals surface area contributed by atoms with Gasteiger partial charge in [0.1, 0.15) is 17.2 Å². The van der Waals surface area contributed by atoms with Gasteiger partial charge in [0.15, 0.2) is 5.69 Å². The number of fused-ring (bicyclic) bond motifs is 1. The quantitative estimate of drug-likeness (QED) is 0.622. The maximum atomic E-state index is 13.0. The summed E-state index contributed by atoms with van der Waals surface area (Å²) < 4.78 is 45.6. The molecule has 1 aromatic carbocycles. The number of anilines is 1. The van der Waals surface area contributed by atoms with Crippen LogP contribution in [0, 0.1) is 0 Å². The molecular weight excluding hydrogens is 409 g/mol. The molecule has 1 amide bonds. The van der Waals surface area contributed by atoms with Crippen LogP contribution < -0.4 is 15.4 Å². The molecule has 0 unspecified atom stereocenters. The first-order valence-corrected chi connectivity index (χ1v) is 10.1. The second-order valence-electron chi connectivity index (χ2n) is 7.67. The Hall–Kier alpha value is -3.23. The standard InChI is InChI=1S/C22H23F3N4O2/c1-31-17-10-8-14(9-11-17)21(30)27-16-5-2-4-15(12-16)26-19-6-3-7-20-28-18(13-29(19)20)22(23,24)25/h3,6-11,13,15-16,26H,2,4-5,12H2,1H3,(H,27,30)/t15-,16+/m0/s1. The van der Waals surface area contributed by atoms with Gasteiger partial charge in [-0.25, -0.2) is 4.98 Å². The zero-order valence-corrected chi connectivity index (χ0v) is 16.9. The number of hydrogen-bond donors (Lipinski definition) is 2. The predicted molar refractivity (Wildman–Crippen MR) is 110 cm³/mol. The maximum Gasteiger partial charge on any atom is 0.434 e. The Morgan fingerprint density at radius 1 is 1.13 bits per heavy atom. The third-order valence-electron chi connectivity index (χ3n) is 5.50. The zero-order chi connectivity index (χ0) is 22.0. The number of alkyl halides is 3. The van der Waals surface area contributed by atoms with Crippen LogP contribution in [0.2, 0.25) is 0 Å².